The summed E-state index contributed by atoms with van der Waals surface area (Å²) < 4.78 is 13.0. The first-order valence-electron chi connectivity index (χ1n) is 10.9. The van der Waals surface area contributed by atoms with Crippen molar-refractivity contribution in [2.45, 2.75) is 13.0 Å². The lowest BCUT2D eigenvalue weighted by atomic mass is 10.1. The Labute approximate surface area is 204 Å². The van der Waals surface area contributed by atoms with Crippen molar-refractivity contribution in [3.05, 3.63) is 126 Å². The Bertz CT molecular complexity index is 1650. The van der Waals surface area contributed by atoms with Crippen LogP contribution in [0.3, 0.4) is 0 Å². The summed E-state index contributed by atoms with van der Waals surface area (Å²) >= 11 is 1.12. The predicted octanol–water partition coefficient (Wildman–Crippen LogP) is 3.24. The van der Waals surface area contributed by atoms with Gasteiger partial charge in [-0.1, -0.05) is 78.1 Å². The van der Waals surface area contributed by atoms with E-state index in [0.29, 0.717) is 29.1 Å². The van der Waals surface area contributed by atoms with Gasteiger partial charge in [0.2, 0.25) is 4.96 Å². The highest BCUT2D eigenvalue weighted by molar-refractivity contribution is 7.15. The summed E-state index contributed by atoms with van der Waals surface area (Å²) in [6.45, 7) is 0.415. The van der Waals surface area contributed by atoms with E-state index in [-0.39, 0.29) is 16.2 Å². The molecule has 2 aromatic heterocycles. The van der Waals surface area contributed by atoms with Crippen LogP contribution in [0.2, 0.25) is 0 Å². The topological polar surface area (TPSA) is 82.8 Å². The molecule has 0 N–H and O–H groups in total. The zero-order valence-electron chi connectivity index (χ0n) is 18.9. The molecule has 0 saturated heterocycles. The van der Waals surface area contributed by atoms with Crippen molar-refractivity contribution in [3.8, 4) is 11.5 Å². The van der Waals surface area contributed by atoms with Crippen LogP contribution >= 0.6 is 11.3 Å². The van der Waals surface area contributed by atoms with Crippen LogP contribution in [0.5, 0.6) is 11.5 Å². The van der Waals surface area contributed by atoms with Gasteiger partial charge in [-0.25, -0.2) is 0 Å². The monoisotopic (exact) mass is 483 g/mol. The van der Waals surface area contributed by atoms with Crippen molar-refractivity contribution in [1.29, 1.82) is 0 Å². The second-order valence-corrected chi connectivity index (χ2v) is 8.83. The number of methoxy groups -OCH3 is 1. The van der Waals surface area contributed by atoms with Gasteiger partial charge in [0, 0.05) is 6.42 Å². The van der Waals surface area contributed by atoms with Gasteiger partial charge in [0.1, 0.15) is 12.3 Å². The second kappa shape index (κ2) is 9.90. The first-order chi connectivity index (χ1) is 17.1. The number of aromatic nitrogens is 3. The highest BCUT2D eigenvalue weighted by atomic mass is 32.1. The molecule has 0 amide bonds. The van der Waals surface area contributed by atoms with Crippen LogP contribution < -0.4 is 25.1 Å². The van der Waals surface area contributed by atoms with Crippen molar-refractivity contribution in [1.82, 2.24) is 14.6 Å². The molecule has 0 atom stereocenters. The molecule has 0 unspecified atom stereocenters. The molecule has 0 radical (unpaired) electrons. The minimum absolute atomic E-state index is 0.233. The highest BCUT2D eigenvalue weighted by Gasteiger charge is 2.12. The van der Waals surface area contributed by atoms with Crippen molar-refractivity contribution in [3.63, 3.8) is 0 Å². The average Bonchev–Trinajstić information content (AvgIpc) is 3.18. The van der Waals surface area contributed by atoms with E-state index in [1.54, 1.807) is 19.3 Å². The fourth-order valence-electron chi connectivity index (χ4n) is 3.62. The van der Waals surface area contributed by atoms with E-state index < -0.39 is 5.56 Å². The molecule has 5 aromatic rings. The smallest absolute Gasteiger partial charge is 0.296 e. The lowest BCUT2D eigenvalue weighted by Crippen LogP contribution is -2.28. The molecule has 0 bridgehead atoms. The van der Waals surface area contributed by atoms with Crippen LogP contribution in [0, 0.1) is 0 Å². The third-order valence-corrected chi connectivity index (χ3v) is 6.35. The minimum atomic E-state index is -0.428. The molecule has 5 rings (SSSR count). The molecule has 0 aliphatic heterocycles. The number of rotatable bonds is 7. The van der Waals surface area contributed by atoms with E-state index in [9.17, 15) is 9.59 Å². The molecular weight excluding hydrogens is 462 g/mol. The Morgan fingerprint density at radius 2 is 1.63 bits per heavy atom. The third kappa shape index (κ3) is 4.97. The summed E-state index contributed by atoms with van der Waals surface area (Å²) in [5.74, 6) is 1.16. The quantitative estimate of drug-likeness (QED) is 0.354. The molecule has 35 heavy (non-hydrogen) atoms. The number of ether oxygens (including phenoxy) is 2. The molecule has 0 fully saturated rings. The van der Waals surface area contributed by atoms with E-state index >= 15 is 0 Å². The fourth-order valence-corrected chi connectivity index (χ4v) is 4.53. The Hall–Kier alpha value is -4.30. The van der Waals surface area contributed by atoms with Crippen LogP contribution in [-0.4, -0.2) is 21.7 Å². The molecule has 2 heterocycles. The van der Waals surface area contributed by atoms with Gasteiger partial charge in [-0.05, 0) is 34.9 Å². The Morgan fingerprint density at radius 1 is 0.914 bits per heavy atom. The van der Waals surface area contributed by atoms with Crippen LogP contribution in [0.25, 0.3) is 11.0 Å². The summed E-state index contributed by atoms with van der Waals surface area (Å²) in [4.78, 5) is 29.8. The number of nitrogens with zero attached hydrogens (tertiary/aromatic N) is 3. The number of thiazole rings is 1. The molecule has 0 saturated carbocycles. The first-order valence-corrected chi connectivity index (χ1v) is 11.8. The van der Waals surface area contributed by atoms with Gasteiger partial charge in [0.15, 0.2) is 11.5 Å². The average molecular weight is 484 g/mol. The van der Waals surface area contributed by atoms with E-state index in [4.69, 9.17) is 9.47 Å². The Kier molecular flexibility index (Phi) is 6.36. The van der Waals surface area contributed by atoms with Crippen molar-refractivity contribution in [2.75, 3.05) is 7.11 Å². The molecule has 0 aliphatic carbocycles. The van der Waals surface area contributed by atoms with E-state index in [1.165, 1.54) is 4.52 Å². The second-order valence-electron chi connectivity index (χ2n) is 7.82. The van der Waals surface area contributed by atoms with Gasteiger partial charge >= 0.3 is 0 Å². The van der Waals surface area contributed by atoms with Crippen LogP contribution in [0.1, 0.15) is 22.4 Å². The maximum Gasteiger partial charge on any atom is 0.296 e. The molecule has 7 nitrogen and oxygen atoms in total. The largest absolute Gasteiger partial charge is 0.493 e. The third-order valence-electron chi connectivity index (χ3n) is 5.39. The molecule has 8 heteroatoms. The number of hydrogen-bond donors (Lipinski definition) is 0. The van der Waals surface area contributed by atoms with Crippen molar-refractivity contribution >= 4 is 22.4 Å². The SMILES string of the molecule is COc1cc(/C=c2/sc3nc(=O)c(Cc4ccccc4)nn3c2=O)ccc1OCc1ccccc1. The maximum atomic E-state index is 13.0. The van der Waals surface area contributed by atoms with Crippen molar-refractivity contribution < 1.29 is 9.47 Å². The van der Waals surface area contributed by atoms with Crippen LogP contribution in [0.4, 0.5) is 0 Å². The summed E-state index contributed by atoms with van der Waals surface area (Å²) in [7, 11) is 1.57. The molecule has 0 spiro atoms. The number of benzene rings is 3. The van der Waals surface area contributed by atoms with E-state index in [2.05, 4.69) is 10.1 Å². The van der Waals surface area contributed by atoms with Gasteiger partial charge in [0.25, 0.3) is 11.1 Å². The first kappa shape index (κ1) is 22.5. The van der Waals surface area contributed by atoms with Gasteiger partial charge in [0.05, 0.1) is 11.6 Å². The van der Waals surface area contributed by atoms with Gasteiger partial charge in [-0.3, -0.25) is 9.59 Å². The molecule has 0 aliphatic rings. The van der Waals surface area contributed by atoms with Gasteiger partial charge in [-0.2, -0.15) is 14.6 Å². The number of fused-ring (bicyclic) bond motifs is 1. The van der Waals surface area contributed by atoms with Crippen LogP contribution in [0.15, 0.2) is 88.5 Å². The lowest BCUT2D eigenvalue weighted by molar-refractivity contribution is 0.284. The molecule has 174 valence electrons. The van der Waals surface area contributed by atoms with Crippen molar-refractivity contribution in [2.24, 2.45) is 0 Å². The van der Waals surface area contributed by atoms with E-state index in [1.807, 2.05) is 72.8 Å². The normalized spacial score (nSPS) is 11.6. The van der Waals surface area contributed by atoms with E-state index in [0.717, 1.165) is 28.0 Å². The minimum Gasteiger partial charge on any atom is -0.493 e. The van der Waals surface area contributed by atoms with Gasteiger partial charge < -0.3 is 9.47 Å². The van der Waals surface area contributed by atoms with Gasteiger partial charge in [-0.15, -0.1) is 0 Å². The summed E-state index contributed by atoms with van der Waals surface area (Å²) in [6.07, 6.45) is 2.04. The summed E-state index contributed by atoms with van der Waals surface area (Å²) in [6, 6.07) is 24.8. The number of hydrogen-bond acceptors (Lipinski definition) is 7. The zero-order valence-corrected chi connectivity index (χ0v) is 19.7. The predicted molar refractivity (Wildman–Crippen MR) is 135 cm³/mol. The summed E-state index contributed by atoms with van der Waals surface area (Å²) in [5, 5.41) is 4.31. The standard InChI is InChI=1S/C27H21N3O4S/c1-33-23-15-20(12-13-22(23)34-17-19-10-6-3-7-11-19)16-24-26(32)30-27(35-24)28-25(31)21(29-30)14-18-8-4-2-5-9-18/h2-13,15-16H,14,17H2,1H3/b24-16+. The lowest BCUT2D eigenvalue weighted by Gasteiger charge is -2.11. The summed E-state index contributed by atoms with van der Waals surface area (Å²) in [5.41, 5.74) is 2.21. The highest BCUT2D eigenvalue weighted by Crippen LogP contribution is 2.29. The fraction of sp³-hybridized carbons (Fsp3) is 0.111. The Balaban J connectivity index is 1.45. The zero-order chi connectivity index (χ0) is 24.2. The van der Waals surface area contributed by atoms with Crippen LogP contribution in [-0.2, 0) is 13.0 Å². The molecule has 3 aromatic carbocycles. The maximum absolute atomic E-state index is 13.0. The molecular formula is C27H21N3O4S. The Morgan fingerprint density at radius 3 is 2.34 bits per heavy atom.